The van der Waals surface area contributed by atoms with Crippen LogP contribution >= 0.6 is 0 Å². The molecule has 26 heavy (non-hydrogen) atoms. The molecule has 2 amide bonds. The summed E-state index contributed by atoms with van der Waals surface area (Å²) in [5.74, 6) is -0.709. The largest absolute Gasteiger partial charge is 0.346 e. The molecule has 0 unspecified atom stereocenters. The number of hydrogen-bond acceptors (Lipinski definition) is 3. The second-order valence-electron chi connectivity index (χ2n) is 8.70. The van der Waals surface area contributed by atoms with Crippen molar-refractivity contribution < 1.29 is 14.0 Å². The number of carbonyl (C=O) groups excluding carboxylic acids is 2. The van der Waals surface area contributed by atoms with Crippen LogP contribution in [0.5, 0.6) is 0 Å². The van der Waals surface area contributed by atoms with E-state index in [0.717, 1.165) is 12.0 Å². The number of halogens is 1. The molecule has 0 spiro atoms. The summed E-state index contributed by atoms with van der Waals surface area (Å²) in [6.45, 7) is 10.6. The predicted molar refractivity (Wildman–Crippen MR) is 99.9 cm³/mol. The Hall–Kier alpha value is -2.24. The van der Waals surface area contributed by atoms with Gasteiger partial charge < -0.3 is 5.32 Å². The van der Waals surface area contributed by atoms with Gasteiger partial charge in [-0.25, -0.2) is 9.40 Å². The van der Waals surface area contributed by atoms with E-state index in [-0.39, 0.29) is 41.6 Å². The standard InChI is InChI=1S/C20H28FN3O2/c1-19(2,3)13-20(4,5)22-18(26)16-10-11-17(25)24(23-16)12-14-6-8-15(21)9-7-14/h6-9H,10-13H2,1-5H3,(H,22,26). The Morgan fingerprint density at radius 3 is 2.35 bits per heavy atom. The van der Waals surface area contributed by atoms with Crippen molar-refractivity contribution in [2.45, 2.75) is 66.0 Å². The Kier molecular flexibility index (Phi) is 5.84. The number of hydrazone groups is 1. The molecule has 0 saturated heterocycles. The average Bonchev–Trinajstić information content (AvgIpc) is 2.48. The molecule has 0 atom stereocenters. The summed E-state index contributed by atoms with van der Waals surface area (Å²) in [5.41, 5.74) is 0.823. The van der Waals surface area contributed by atoms with Crippen LogP contribution in [-0.4, -0.2) is 28.1 Å². The van der Waals surface area contributed by atoms with E-state index in [1.54, 1.807) is 12.1 Å². The van der Waals surface area contributed by atoms with Crippen molar-refractivity contribution in [3.8, 4) is 0 Å². The van der Waals surface area contributed by atoms with Crippen molar-refractivity contribution in [3.63, 3.8) is 0 Å². The summed E-state index contributed by atoms with van der Waals surface area (Å²) in [6, 6.07) is 5.91. The second-order valence-corrected chi connectivity index (χ2v) is 8.70. The summed E-state index contributed by atoms with van der Waals surface area (Å²) in [7, 11) is 0. The predicted octanol–water partition coefficient (Wildman–Crippen LogP) is 3.64. The molecular weight excluding hydrogens is 333 g/mol. The summed E-state index contributed by atoms with van der Waals surface area (Å²) in [5, 5.41) is 8.58. The number of nitrogens with one attached hydrogen (secondary N) is 1. The van der Waals surface area contributed by atoms with Crippen LogP contribution < -0.4 is 5.32 Å². The number of carbonyl (C=O) groups is 2. The molecule has 0 aliphatic carbocycles. The molecule has 5 nitrogen and oxygen atoms in total. The fourth-order valence-corrected chi connectivity index (χ4v) is 3.40. The Morgan fingerprint density at radius 2 is 1.77 bits per heavy atom. The second kappa shape index (κ2) is 7.56. The minimum Gasteiger partial charge on any atom is -0.346 e. The first-order valence-corrected chi connectivity index (χ1v) is 8.90. The Balaban J connectivity index is 2.09. The molecule has 0 radical (unpaired) electrons. The smallest absolute Gasteiger partial charge is 0.267 e. The molecular formula is C20H28FN3O2. The van der Waals surface area contributed by atoms with Gasteiger partial charge in [0.25, 0.3) is 5.91 Å². The quantitative estimate of drug-likeness (QED) is 0.870. The van der Waals surface area contributed by atoms with Gasteiger partial charge in [0.1, 0.15) is 11.5 Å². The van der Waals surface area contributed by atoms with Crippen LogP contribution in [0.1, 0.15) is 59.4 Å². The molecule has 1 aromatic rings. The van der Waals surface area contributed by atoms with Crippen molar-refractivity contribution in [2.24, 2.45) is 10.5 Å². The van der Waals surface area contributed by atoms with Crippen LogP contribution in [0.3, 0.4) is 0 Å². The van der Waals surface area contributed by atoms with Gasteiger partial charge in [0.2, 0.25) is 5.91 Å². The number of benzene rings is 1. The normalized spacial score (nSPS) is 15.7. The fourth-order valence-electron chi connectivity index (χ4n) is 3.40. The minimum atomic E-state index is -0.374. The average molecular weight is 361 g/mol. The zero-order chi connectivity index (χ0) is 19.5. The van der Waals surface area contributed by atoms with Crippen molar-refractivity contribution in [2.75, 3.05) is 0 Å². The molecule has 0 fully saturated rings. The lowest BCUT2D eigenvalue weighted by molar-refractivity contribution is -0.132. The van der Waals surface area contributed by atoms with Crippen LogP contribution in [-0.2, 0) is 16.1 Å². The van der Waals surface area contributed by atoms with Crippen molar-refractivity contribution >= 4 is 17.5 Å². The van der Waals surface area contributed by atoms with E-state index >= 15 is 0 Å². The maximum Gasteiger partial charge on any atom is 0.267 e. The molecule has 0 saturated carbocycles. The van der Waals surface area contributed by atoms with Gasteiger partial charge in [-0.2, -0.15) is 5.10 Å². The van der Waals surface area contributed by atoms with Gasteiger partial charge in [-0.15, -0.1) is 0 Å². The molecule has 1 aliphatic heterocycles. The molecule has 0 bridgehead atoms. The summed E-state index contributed by atoms with van der Waals surface area (Å²) in [4.78, 5) is 24.7. The lowest BCUT2D eigenvalue weighted by Crippen LogP contribution is -2.49. The Labute approximate surface area is 154 Å². The van der Waals surface area contributed by atoms with Gasteiger partial charge in [0.05, 0.1) is 6.54 Å². The van der Waals surface area contributed by atoms with Crippen LogP contribution in [0.25, 0.3) is 0 Å². The van der Waals surface area contributed by atoms with E-state index in [1.165, 1.54) is 17.1 Å². The van der Waals surface area contributed by atoms with Crippen molar-refractivity contribution in [1.82, 2.24) is 10.3 Å². The monoisotopic (exact) mass is 361 g/mol. The van der Waals surface area contributed by atoms with E-state index in [2.05, 4.69) is 31.2 Å². The minimum absolute atomic E-state index is 0.0791. The highest BCUT2D eigenvalue weighted by Crippen LogP contribution is 2.27. The summed E-state index contributed by atoms with van der Waals surface area (Å²) >= 11 is 0. The number of amides is 2. The van der Waals surface area contributed by atoms with E-state index in [4.69, 9.17) is 0 Å². The maximum absolute atomic E-state index is 13.0. The highest BCUT2D eigenvalue weighted by molar-refractivity contribution is 6.39. The van der Waals surface area contributed by atoms with E-state index < -0.39 is 0 Å². The SMILES string of the molecule is CC(C)(C)CC(C)(C)NC(=O)C1=NN(Cc2ccc(F)cc2)C(=O)CC1. The van der Waals surface area contributed by atoms with Crippen LogP contribution in [0, 0.1) is 11.2 Å². The van der Waals surface area contributed by atoms with Crippen molar-refractivity contribution in [1.29, 1.82) is 0 Å². The fraction of sp³-hybridized carbons (Fsp3) is 0.550. The first-order chi connectivity index (χ1) is 12.0. The van der Waals surface area contributed by atoms with Crippen molar-refractivity contribution in [3.05, 3.63) is 35.6 Å². The third kappa shape index (κ3) is 5.93. The van der Waals surface area contributed by atoms with Crippen LogP contribution in [0.15, 0.2) is 29.4 Å². The van der Waals surface area contributed by atoms with Gasteiger partial charge in [0, 0.05) is 18.4 Å². The highest BCUT2D eigenvalue weighted by Gasteiger charge is 2.30. The summed E-state index contributed by atoms with van der Waals surface area (Å²) < 4.78 is 13.0. The zero-order valence-electron chi connectivity index (χ0n) is 16.2. The van der Waals surface area contributed by atoms with Crippen LogP contribution in [0.4, 0.5) is 4.39 Å². The molecule has 1 aromatic carbocycles. The molecule has 1 aliphatic rings. The molecule has 2 rings (SSSR count). The molecule has 6 heteroatoms. The van der Waals surface area contributed by atoms with Gasteiger partial charge in [-0.3, -0.25) is 9.59 Å². The van der Waals surface area contributed by atoms with Gasteiger partial charge in [-0.05, 0) is 43.4 Å². The summed E-state index contributed by atoms with van der Waals surface area (Å²) in [6.07, 6.45) is 1.39. The third-order valence-corrected chi connectivity index (χ3v) is 4.04. The third-order valence-electron chi connectivity index (χ3n) is 4.04. The maximum atomic E-state index is 13.0. The van der Waals surface area contributed by atoms with Gasteiger partial charge in [0.15, 0.2) is 0 Å². The lowest BCUT2D eigenvalue weighted by Gasteiger charge is -2.34. The van der Waals surface area contributed by atoms with Crippen LogP contribution in [0.2, 0.25) is 0 Å². The number of rotatable bonds is 5. The number of nitrogens with zero attached hydrogens (tertiary/aromatic N) is 2. The topological polar surface area (TPSA) is 61.8 Å². The zero-order valence-corrected chi connectivity index (χ0v) is 16.2. The van der Waals surface area contributed by atoms with Gasteiger partial charge in [-0.1, -0.05) is 32.9 Å². The molecule has 0 aromatic heterocycles. The Bertz CT molecular complexity index is 703. The first-order valence-electron chi connectivity index (χ1n) is 8.90. The van der Waals surface area contributed by atoms with E-state index in [9.17, 15) is 14.0 Å². The molecule has 1 heterocycles. The van der Waals surface area contributed by atoms with Gasteiger partial charge >= 0.3 is 0 Å². The Morgan fingerprint density at radius 1 is 1.15 bits per heavy atom. The highest BCUT2D eigenvalue weighted by atomic mass is 19.1. The first kappa shape index (κ1) is 20.1. The lowest BCUT2D eigenvalue weighted by atomic mass is 9.81. The number of hydrogen-bond donors (Lipinski definition) is 1. The molecule has 142 valence electrons. The van der Waals surface area contributed by atoms with E-state index in [0.29, 0.717) is 12.1 Å². The molecule has 1 N–H and O–H groups in total. The van der Waals surface area contributed by atoms with E-state index in [1.807, 2.05) is 13.8 Å².